The van der Waals surface area contributed by atoms with E-state index in [4.69, 9.17) is 0 Å². The van der Waals surface area contributed by atoms with Gasteiger partial charge in [-0.2, -0.15) is 0 Å². The van der Waals surface area contributed by atoms with Crippen LogP contribution in [-0.2, 0) is 0 Å². The Morgan fingerprint density at radius 1 is 1.08 bits per heavy atom. The Hall–Kier alpha value is -2.69. The van der Waals surface area contributed by atoms with E-state index >= 15 is 0 Å². The molecule has 5 heteroatoms. The van der Waals surface area contributed by atoms with Gasteiger partial charge in [0.2, 0.25) is 0 Å². The number of aryl methyl sites for hydroxylation is 1. The average Bonchev–Trinajstić information content (AvgIpc) is 2.65. The van der Waals surface area contributed by atoms with Crippen LogP contribution in [0.4, 0.5) is 5.69 Å². The molecule has 0 bridgehead atoms. The summed E-state index contributed by atoms with van der Waals surface area (Å²) in [5, 5.41) is 2.89. The molecule has 0 radical (unpaired) electrons. The lowest BCUT2D eigenvalue weighted by atomic mass is 10.1. The highest BCUT2D eigenvalue weighted by Crippen LogP contribution is 2.19. The van der Waals surface area contributed by atoms with Crippen molar-refractivity contribution in [3.63, 3.8) is 0 Å². The van der Waals surface area contributed by atoms with Crippen molar-refractivity contribution in [1.29, 1.82) is 0 Å². The normalized spacial score (nSPS) is 10.5. The van der Waals surface area contributed by atoms with Gasteiger partial charge in [0.25, 0.3) is 11.8 Å². The van der Waals surface area contributed by atoms with Crippen molar-refractivity contribution < 1.29 is 9.59 Å². The van der Waals surface area contributed by atoms with Crippen LogP contribution in [-0.4, -0.2) is 34.8 Å². The lowest BCUT2D eigenvalue weighted by molar-refractivity contribution is 0.0755. The van der Waals surface area contributed by atoms with Gasteiger partial charge in [-0.05, 0) is 56.0 Å². The minimum atomic E-state index is -0.314. The molecule has 26 heavy (non-hydrogen) atoms. The number of anilines is 1. The molecule has 2 amide bonds. The molecule has 0 spiro atoms. The molecule has 2 rings (SSSR count). The number of carbonyl (C=O) groups excluding carboxylic acids is 2. The first-order valence-electron chi connectivity index (χ1n) is 9.10. The molecule has 0 fully saturated rings. The molecule has 0 saturated heterocycles. The van der Waals surface area contributed by atoms with Gasteiger partial charge >= 0.3 is 0 Å². The van der Waals surface area contributed by atoms with Crippen LogP contribution in [0.15, 0.2) is 36.5 Å². The maximum atomic E-state index is 12.7. The van der Waals surface area contributed by atoms with Crippen LogP contribution >= 0.6 is 0 Å². The standard InChI is InChI=1S/C21H27N3O2/c1-5-12-24(13-6-2)21(26)17-10-11-22-19(14-17)20(25)23-18-9-7-8-15(3)16(18)4/h7-11,14H,5-6,12-13H2,1-4H3,(H,23,25). The molecule has 5 nitrogen and oxygen atoms in total. The fourth-order valence-corrected chi connectivity index (χ4v) is 2.80. The minimum absolute atomic E-state index is 0.0584. The Morgan fingerprint density at radius 2 is 1.77 bits per heavy atom. The maximum absolute atomic E-state index is 12.7. The molecule has 0 aliphatic rings. The van der Waals surface area contributed by atoms with Crippen LogP contribution in [0.3, 0.4) is 0 Å². The Labute approximate surface area is 155 Å². The van der Waals surface area contributed by atoms with Gasteiger partial charge in [0.1, 0.15) is 5.69 Å². The summed E-state index contributed by atoms with van der Waals surface area (Å²) < 4.78 is 0. The van der Waals surface area contributed by atoms with E-state index in [2.05, 4.69) is 10.3 Å². The van der Waals surface area contributed by atoms with Crippen molar-refractivity contribution in [2.24, 2.45) is 0 Å². The molecule has 0 saturated carbocycles. The number of amides is 2. The highest BCUT2D eigenvalue weighted by molar-refractivity contribution is 6.05. The Balaban J connectivity index is 2.21. The predicted octanol–water partition coefficient (Wildman–Crippen LogP) is 4.21. The van der Waals surface area contributed by atoms with Gasteiger partial charge in [0.15, 0.2) is 0 Å². The van der Waals surface area contributed by atoms with Crippen LogP contribution in [0.5, 0.6) is 0 Å². The Bertz CT molecular complexity index is 781. The molecule has 0 atom stereocenters. The zero-order valence-electron chi connectivity index (χ0n) is 16.0. The molecule has 138 valence electrons. The van der Waals surface area contributed by atoms with E-state index < -0.39 is 0 Å². The van der Waals surface area contributed by atoms with Gasteiger partial charge in [0.05, 0.1) is 0 Å². The largest absolute Gasteiger partial charge is 0.339 e. The molecule has 1 aromatic carbocycles. The third-order valence-electron chi connectivity index (χ3n) is 4.37. The Kier molecular flexibility index (Phi) is 6.89. The van der Waals surface area contributed by atoms with Crippen molar-refractivity contribution >= 4 is 17.5 Å². The van der Waals surface area contributed by atoms with Crippen LogP contribution in [0, 0.1) is 13.8 Å². The van der Waals surface area contributed by atoms with Gasteiger partial charge in [-0.15, -0.1) is 0 Å². The molecular formula is C21H27N3O2. The number of aromatic nitrogens is 1. The number of benzene rings is 1. The van der Waals surface area contributed by atoms with Gasteiger partial charge < -0.3 is 10.2 Å². The Morgan fingerprint density at radius 3 is 2.42 bits per heavy atom. The summed E-state index contributed by atoms with van der Waals surface area (Å²) in [6.45, 7) is 9.47. The molecular weight excluding hydrogens is 326 g/mol. The molecule has 1 N–H and O–H groups in total. The third kappa shape index (κ3) is 4.69. The topological polar surface area (TPSA) is 62.3 Å². The number of hydrogen-bond donors (Lipinski definition) is 1. The summed E-state index contributed by atoms with van der Waals surface area (Å²) in [5.41, 5.74) is 3.62. The summed E-state index contributed by atoms with van der Waals surface area (Å²) in [5.74, 6) is -0.372. The number of nitrogens with one attached hydrogen (secondary N) is 1. The van der Waals surface area contributed by atoms with Gasteiger partial charge in [-0.1, -0.05) is 26.0 Å². The monoisotopic (exact) mass is 353 g/mol. The number of carbonyl (C=O) groups is 2. The highest BCUT2D eigenvalue weighted by atomic mass is 16.2. The van der Waals surface area contributed by atoms with Crippen molar-refractivity contribution in [2.75, 3.05) is 18.4 Å². The zero-order valence-corrected chi connectivity index (χ0v) is 16.0. The number of rotatable bonds is 7. The predicted molar refractivity (Wildman–Crippen MR) is 105 cm³/mol. The first kappa shape index (κ1) is 19.6. The van der Waals surface area contributed by atoms with E-state index in [0.717, 1.165) is 29.7 Å². The van der Waals surface area contributed by atoms with Crippen LogP contribution < -0.4 is 5.32 Å². The molecule has 0 unspecified atom stereocenters. The van der Waals surface area contributed by atoms with E-state index in [9.17, 15) is 9.59 Å². The van der Waals surface area contributed by atoms with Crippen LogP contribution in [0.25, 0.3) is 0 Å². The smallest absolute Gasteiger partial charge is 0.274 e. The SMILES string of the molecule is CCCN(CCC)C(=O)c1ccnc(C(=O)Nc2cccc(C)c2C)c1. The quantitative estimate of drug-likeness (QED) is 0.811. The minimum Gasteiger partial charge on any atom is -0.339 e. The molecule has 0 aliphatic carbocycles. The number of hydrogen-bond acceptors (Lipinski definition) is 3. The lowest BCUT2D eigenvalue weighted by Crippen LogP contribution is -2.32. The summed E-state index contributed by atoms with van der Waals surface area (Å²) in [6, 6.07) is 8.99. The molecule has 1 heterocycles. The van der Waals surface area contributed by atoms with Crippen LogP contribution in [0.1, 0.15) is 58.7 Å². The van der Waals surface area contributed by atoms with Gasteiger partial charge in [-0.25, -0.2) is 0 Å². The fraction of sp³-hybridized carbons (Fsp3) is 0.381. The van der Waals surface area contributed by atoms with E-state index in [1.807, 2.05) is 50.8 Å². The maximum Gasteiger partial charge on any atom is 0.274 e. The van der Waals surface area contributed by atoms with Crippen molar-refractivity contribution in [3.05, 3.63) is 58.9 Å². The van der Waals surface area contributed by atoms with E-state index in [1.54, 1.807) is 12.1 Å². The highest BCUT2D eigenvalue weighted by Gasteiger charge is 2.17. The second-order valence-corrected chi connectivity index (χ2v) is 6.42. The van der Waals surface area contributed by atoms with Crippen LogP contribution in [0.2, 0.25) is 0 Å². The lowest BCUT2D eigenvalue weighted by Gasteiger charge is -2.21. The summed E-state index contributed by atoms with van der Waals surface area (Å²) in [7, 11) is 0. The average molecular weight is 353 g/mol. The van der Waals surface area contributed by atoms with E-state index in [-0.39, 0.29) is 17.5 Å². The first-order chi connectivity index (χ1) is 12.5. The molecule has 1 aromatic heterocycles. The van der Waals surface area contributed by atoms with Crippen molar-refractivity contribution in [3.8, 4) is 0 Å². The number of nitrogens with zero attached hydrogens (tertiary/aromatic N) is 2. The summed E-state index contributed by atoms with van der Waals surface area (Å²) in [4.78, 5) is 31.3. The second kappa shape index (κ2) is 9.13. The third-order valence-corrected chi connectivity index (χ3v) is 4.37. The van der Waals surface area contributed by atoms with Gasteiger partial charge in [0, 0.05) is 30.5 Å². The molecule has 0 aliphatic heterocycles. The van der Waals surface area contributed by atoms with Crippen molar-refractivity contribution in [2.45, 2.75) is 40.5 Å². The number of pyridine rings is 1. The first-order valence-corrected chi connectivity index (χ1v) is 9.10. The van der Waals surface area contributed by atoms with Gasteiger partial charge in [-0.3, -0.25) is 14.6 Å². The van der Waals surface area contributed by atoms with E-state index in [0.29, 0.717) is 18.7 Å². The zero-order chi connectivity index (χ0) is 19.1. The second-order valence-electron chi connectivity index (χ2n) is 6.42. The molecule has 2 aromatic rings. The summed E-state index contributed by atoms with van der Waals surface area (Å²) in [6.07, 6.45) is 3.31. The van der Waals surface area contributed by atoms with Crippen molar-refractivity contribution in [1.82, 2.24) is 9.88 Å². The fourth-order valence-electron chi connectivity index (χ4n) is 2.80. The summed E-state index contributed by atoms with van der Waals surface area (Å²) >= 11 is 0. The van der Waals surface area contributed by atoms with E-state index in [1.165, 1.54) is 6.20 Å².